The Bertz CT molecular complexity index is 654. The van der Waals surface area contributed by atoms with Gasteiger partial charge in [-0.1, -0.05) is 12.8 Å². The number of hydrogen-bond acceptors (Lipinski definition) is 4. The zero-order valence-electron chi connectivity index (χ0n) is 16.3. The number of nitrogens with zero attached hydrogens (tertiary/aromatic N) is 1. The standard InChI is InChI=1S/C21H30N2O4/c1-26-16-12-15(13-17(14-16)27-2)21(25)23-11-7-3-6-10-22-20(24)18-8-4-5-9-19(18)23/h12-14,18-19H,3-11H2,1-2H3,(H,22,24)/t18-,19+/m1/s1. The number of rotatable bonds is 3. The van der Waals surface area contributed by atoms with Crippen molar-refractivity contribution < 1.29 is 19.1 Å². The number of amides is 2. The van der Waals surface area contributed by atoms with E-state index in [1.807, 2.05) is 4.90 Å². The normalized spacial score (nSPS) is 23.8. The summed E-state index contributed by atoms with van der Waals surface area (Å²) in [5.41, 5.74) is 0.549. The maximum Gasteiger partial charge on any atom is 0.254 e. The topological polar surface area (TPSA) is 67.9 Å². The molecule has 1 saturated carbocycles. The first-order valence-corrected chi connectivity index (χ1v) is 9.96. The van der Waals surface area contributed by atoms with Gasteiger partial charge in [0.2, 0.25) is 5.91 Å². The molecular weight excluding hydrogens is 344 g/mol. The molecule has 1 aliphatic carbocycles. The maximum atomic E-state index is 13.4. The Labute approximate surface area is 161 Å². The lowest BCUT2D eigenvalue weighted by molar-refractivity contribution is -0.128. The molecular formula is C21H30N2O4. The van der Waals surface area contributed by atoms with E-state index in [0.29, 0.717) is 23.6 Å². The van der Waals surface area contributed by atoms with Crippen LogP contribution in [0, 0.1) is 5.92 Å². The second-order valence-electron chi connectivity index (χ2n) is 7.41. The summed E-state index contributed by atoms with van der Waals surface area (Å²) in [6, 6.07) is 5.22. The van der Waals surface area contributed by atoms with Gasteiger partial charge in [0.05, 0.1) is 20.1 Å². The molecule has 2 atom stereocenters. The number of carbonyl (C=O) groups excluding carboxylic acids is 2. The van der Waals surface area contributed by atoms with E-state index in [4.69, 9.17) is 9.47 Å². The number of methoxy groups -OCH3 is 2. The zero-order valence-corrected chi connectivity index (χ0v) is 16.3. The summed E-state index contributed by atoms with van der Waals surface area (Å²) in [6.07, 6.45) is 6.74. The van der Waals surface area contributed by atoms with Gasteiger partial charge in [-0.05, 0) is 44.2 Å². The predicted octanol–water partition coefficient (Wildman–Crippen LogP) is 3.00. The van der Waals surface area contributed by atoms with Crippen LogP contribution in [-0.2, 0) is 4.79 Å². The molecule has 0 spiro atoms. The first-order chi connectivity index (χ1) is 13.1. The van der Waals surface area contributed by atoms with Gasteiger partial charge in [-0.2, -0.15) is 0 Å². The van der Waals surface area contributed by atoms with Gasteiger partial charge in [0.15, 0.2) is 0 Å². The number of nitrogens with one attached hydrogen (secondary N) is 1. The number of benzene rings is 1. The molecule has 1 heterocycles. The molecule has 2 amide bonds. The number of hydrogen-bond donors (Lipinski definition) is 1. The Balaban J connectivity index is 1.92. The lowest BCUT2D eigenvalue weighted by atomic mass is 9.82. The van der Waals surface area contributed by atoms with Gasteiger partial charge in [0, 0.05) is 30.8 Å². The summed E-state index contributed by atoms with van der Waals surface area (Å²) in [5, 5.41) is 3.07. The average molecular weight is 374 g/mol. The van der Waals surface area contributed by atoms with E-state index in [-0.39, 0.29) is 23.8 Å². The smallest absolute Gasteiger partial charge is 0.254 e. The lowest BCUT2D eigenvalue weighted by Crippen LogP contribution is -2.51. The fourth-order valence-electron chi connectivity index (χ4n) is 4.23. The first kappa shape index (κ1) is 19.5. The van der Waals surface area contributed by atoms with Crippen LogP contribution >= 0.6 is 0 Å². The van der Waals surface area contributed by atoms with Gasteiger partial charge in [-0.15, -0.1) is 0 Å². The van der Waals surface area contributed by atoms with Crippen molar-refractivity contribution in [2.24, 2.45) is 5.92 Å². The molecule has 1 aliphatic heterocycles. The number of carbonyl (C=O) groups is 2. The summed E-state index contributed by atoms with van der Waals surface area (Å²) in [4.78, 5) is 28.1. The van der Waals surface area contributed by atoms with Crippen LogP contribution in [0.5, 0.6) is 11.5 Å². The highest BCUT2D eigenvalue weighted by Gasteiger charge is 2.37. The Morgan fingerprint density at radius 2 is 1.70 bits per heavy atom. The van der Waals surface area contributed by atoms with E-state index in [2.05, 4.69) is 5.32 Å². The van der Waals surface area contributed by atoms with Crippen LogP contribution in [-0.4, -0.2) is 50.1 Å². The first-order valence-electron chi connectivity index (χ1n) is 9.96. The van der Waals surface area contributed by atoms with Crippen LogP contribution in [0.15, 0.2) is 18.2 Å². The molecule has 0 unspecified atom stereocenters. The van der Waals surface area contributed by atoms with Crippen LogP contribution in [0.25, 0.3) is 0 Å². The molecule has 6 nitrogen and oxygen atoms in total. The van der Waals surface area contributed by atoms with E-state index in [0.717, 1.165) is 51.5 Å². The van der Waals surface area contributed by atoms with Crippen molar-refractivity contribution in [2.45, 2.75) is 51.0 Å². The number of ether oxygens (including phenoxy) is 2. The van der Waals surface area contributed by atoms with Crippen molar-refractivity contribution in [2.75, 3.05) is 27.3 Å². The Morgan fingerprint density at radius 3 is 2.41 bits per heavy atom. The van der Waals surface area contributed by atoms with Crippen LogP contribution in [0.3, 0.4) is 0 Å². The Morgan fingerprint density at radius 1 is 1.00 bits per heavy atom. The maximum absolute atomic E-state index is 13.4. The van der Waals surface area contributed by atoms with E-state index < -0.39 is 0 Å². The molecule has 3 rings (SSSR count). The van der Waals surface area contributed by atoms with Crippen LogP contribution in [0.2, 0.25) is 0 Å². The quantitative estimate of drug-likeness (QED) is 0.883. The third-order valence-corrected chi connectivity index (χ3v) is 5.70. The predicted molar refractivity (Wildman–Crippen MR) is 103 cm³/mol. The highest BCUT2D eigenvalue weighted by atomic mass is 16.5. The van der Waals surface area contributed by atoms with Gasteiger partial charge < -0.3 is 19.7 Å². The Kier molecular flexibility index (Phi) is 6.58. The molecule has 6 heteroatoms. The molecule has 1 aromatic rings. The summed E-state index contributed by atoms with van der Waals surface area (Å²) in [7, 11) is 3.16. The fraction of sp³-hybridized carbons (Fsp3) is 0.619. The third kappa shape index (κ3) is 4.54. The van der Waals surface area contributed by atoms with E-state index in [9.17, 15) is 9.59 Å². The summed E-state index contributed by atoms with van der Waals surface area (Å²) >= 11 is 0. The summed E-state index contributed by atoms with van der Waals surface area (Å²) in [6.45, 7) is 1.43. The van der Waals surface area contributed by atoms with Gasteiger partial charge in [-0.25, -0.2) is 0 Å². The van der Waals surface area contributed by atoms with Crippen molar-refractivity contribution in [3.8, 4) is 11.5 Å². The second-order valence-corrected chi connectivity index (χ2v) is 7.41. The minimum atomic E-state index is -0.117. The van der Waals surface area contributed by atoms with Crippen LogP contribution in [0.1, 0.15) is 55.3 Å². The van der Waals surface area contributed by atoms with Gasteiger partial charge in [0.25, 0.3) is 5.91 Å². The highest BCUT2D eigenvalue weighted by molar-refractivity contribution is 5.96. The fourth-order valence-corrected chi connectivity index (χ4v) is 4.23. The van der Waals surface area contributed by atoms with Crippen molar-refractivity contribution in [3.63, 3.8) is 0 Å². The third-order valence-electron chi connectivity index (χ3n) is 5.70. The molecule has 2 fully saturated rings. The largest absolute Gasteiger partial charge is 0.497 e. The van der Waals surface area contributed by atoms with Crippen molar-refractivity contribution >= 4 is 11.8 Å². The van der Waals surface area contributed by atoms with E-state index in [1.54, 1.807) is 32.4 Å². The summed E-state index contributed by atoms with van der Waals surface area (Å²) in [5.74, 6) is 1.13. The van der Waals surface area contributed by atoms with Crippen molar-refractivity contribution in [1.82, 2.24) is 10.2 Å². The molecule has 2 aliphatic rings. The van der Waals surface area contributed by atoms with Crippen LogP contribution < -0.4 is 14.8 Å². The minimum Gasteiger partial charge on any atom is -0.497 e. The second kappa shape index (κ2) is 9.11. The Hall–Kier alpha value is -2.24. The molecule has 27 heavy (non-hydrogen) atoms. The van der Waals surface area contributed by atoms with E-state index >= 15 is 0 Å². The van der Waals surface area contributed by atoms with Gasteiger partial charge >= 0.3 is 0 Å². The summed E-state index contributed by atoms with van der Waals surface area (Å²) < 4.78 is 10.6. The number of fused-ring (bicyclic) bond motifs is 1. The SMILES string of the molecule is COc1cc(OC)cc(C(=O)N2CCCCCNC(=O)[C@@H]3CCCC[C@@H]32)c1. The molecule has 0 radical (unpaired) electrons. The molecule has 0 aromatic heterocycles. The zero-order chi connectivity index (χ0) is 19.2. The van der Waals surface area contributed by atoms with Crippen molar-refractivity contribution in [1.29, 1.82) is 0 Å². The minimum absolute atomic E-state index is 0.0402. The highest BCUT2D eigenvalue weighted by Crippen LogP contribution is 2.32. The molecule has 1 aromatic carbocycles. The molecule has 0 bridgehead atoms. The van der Waals surface area contributed by atoms with Gasteiger partial charge in [0.1, 0.15) is 11.5 Å². The molecule has 148 valence electrons. The molecule has 1 N–H and O–H groups in total. The van der Waals surface area contributed by atoms with Crippen molar-refractivity contribution in [3.05, 3.63) is 23.8 Å². The van der Waals surface area contributed by atoms with E-state index in [1.165, 1.54) is 0 Å². The van der Waals surface area contributed by atoms with Gasteiger partial charge in [-0.3, -0.25) is 9.59 Å². The van der Waals surface area contributed by atoms with Crippen LogP contribution in [0.4, 0.5) is 0 Å². The monoisotopic (exact) mass is 374 g/mol. The average Bonchev–Trinajstić information content (AvgIpc) is 2.72. The molecule has 1 saturated heterocycles. The lowest BCUT2D eigenvalue weighted by Gasteiger charge is -2.40.